The molecule has 3 aromatic carbocycles. The van der Waals surface area contributed by atoms with Crippen molar-refractivity contribution in [3.05, 3.63) is 83.4 Å². The van der Waals surface area contributed by atoms with Crippen molar-refractivity contribution in [1.29, 1.82) is 0 Å². The van der Waals surface area contributed by atoms with Gasteiger partial charge in [0.2, 0.25) is 0 Å². The molecule has 0 aromatic heterocycles. The molecule has 2 amide bonds. The Bertz CT molecular complexity index is 971. The number of rotatable bonds is 7. The van der Waals surface area contributed by atoms with Crippen LogP contribution in [0.25, 0.3) is 0 Å². The quantitative estimate of drug-likeness (QED) is 0.521. The molecular weight excluding hydrogens is 392 g/mol. The molecule has 148 valence electrons. The summed E-state index contributed by atoms with van der Waals surface area (Å²) >= 11 is 5.82. The molecule has 0 bridgehead atoms. The van der Waals surface area contributed by atoms with Gasteiger partial charge in [0.05, 0.1) is 7.11 Å². The Morgan fingerprint density at radius 3 is 1.83 bits per heavy atom. The lowest BCUT2D eigenvalue weighted by molar-refractivity contribution is 0.0921. The monoisotopic (exact) mass is 410 g/mol. The Morgan fingerprint density at radius 1 is 0.793 bits per heavy atom. The lowest BCUT2D eigenvalue weighted by Gasteiger charge is -2.10. The summed E-state index contributed by atoms with van der Waals surface area (Å²) in [5.41, 5.74) is 1.76. The van der Waals surface area contributed by atoms with Gasteiger partial charge in [-0.2, -0.15) is 0 Å². The standard InChI is InChI=1S/C22H19ClN2O4/c1-28-19-10-6-17(7-11-19)24-22(27)25-18-8-12-20(13-9-18)29-14-21(26)15-2-4-16(23)5-3-15/h2-13H,14H2,1H3,(H2,24,25,27). The van der Waals surface area contributed by atoms with E-state index in [1.807, 2.05) is 0 Å². The van der Waals surface area contributed by atoms with E-state index in [1.54, 1.807) is 79.9 Å². The molecule has 3 rings (SSSR count). The molecule has 2 N–H and O–H groups in total. The van der Waals surface area contributed by atoms with E-state index in [-0.39, 0.29) is 18.4 Å². The van der Waals surface area contributed by atoms with Gasteiger partial charge in [0.15, 0.2) is 12.4 Å². The molecule has 0 aliphatic heterocycles. The van der Waals surface area contributed by atoms with Gasteiger partial charge in [-0.25, -0.2) is 4.79 Å². The zero-order valence-electron chi connectivity index (χ0n) is 15.6. The first-order valence-electron chi connectivity index (χ1n) is 8.77. The maximum Gasteiger partial charge on any atom is 0.323 e. The molecule has 29 heavy (non-hydrogen) atoms. The molecule has 0 aliphatic carbocycles. The maximum atomic E-state index is 12.1. The highest BCUT2D eigenvalue weighted by Crippen LogP contribution is 2.18. The Labute approximate surface area is 173 Å². The van der Waals surface area contributed by atoms with E-state index in [9.17, 15) is 9.59 Å². The average Bonchev–Trinajstić information content (AvgIpc) is 2.74. The van der Waals surface area contributed by atoms with Crippen LogP contribution in [0, 0.1) is 0 Å². The summed E-state index contributed by atoms with van der Waals surface area (Å²) in [6.45, 7) is -0.0909. The first-order chi connectivity index (χ1) is 14.0. The number of halogens is 1. The number of anilines is 2. The molecule has 7 heteroatoms. The summed E-state index contributed by atoms with van der Waals surface area (Å²) in [7, 11) is 1.58. The molecule has 0 fully saturated rings. The second-order valence-corrected chi connectivity index (χ2v) is 6.49. The molecule has 0 radical (unpaired) electrons. The molecule has 0 spiro atoms. The molecule has 6 nitrogen and oxygen atoms in total. The smallest absolute Gasteiger partial charge is 0.323 e. The van der Waals surface area contributed by atoms with Crippen LogP contribution in [0.4, 0.5) is 16.2 Å². The lowest BCUT2D eigenvalue weighted by atomic mass is 10.1. The number of carbonyl (C=O) groups is 2. The van der Waals surface area contributed by atoms with Gasteiger partial charge >= 0.3 is 6.03 Å². The van der Waals surface area contributed by atoms with Crippen LogP contribution in [-0.2, 0) is 0 Å². The zero-order chi connectivity index (χ0) is 20.6. The van der Waals surface area contributed by atoms with Crippen molar-refractivity contribution < 1.29 is 19.1 Å². The van der Waals surface area contributed by atoms with Gasteiger partial charge in [-0.1, -0.05) is 11.6 Å². The van der Waals surface area contributed by atoms with Crippen LogP contribution in [0.15, 0.2) is 72.8 Å². The third kappa shape index (κ3) is 5.99. The zero-order valence-corrected chi connectivity index (χ0v) is 16.4. The highest BCUT2D eigenvalue weighted by molar-refractivity contribution is 6.30. The van der Waals surface area contributed by atoms with Crippen LogP contribution >= 0.6 is 11.6 Å². The summed E-state index contributed by atoms with van der Waals surface area (Å²) in [6, 6.07) is 20.0. The minimum Gasteiger partial charge on any atom is -0.497 e. The second kappa shape index (κ2) is 9.61. The van der Waals surface area contributed by atoms with Gasteiger partial charge in [0.1, 0.15) is 11.5 Å². The van der Waals surface area contributed by atoms with Crippen LogP contribution in [-0.4, -0.2) is 25.5 Å². The number of nitrogens with one attached hydrogen (secondary N) is 2. The van der Waals surface area contributed by atoms with Crippen molar-refractivity contribution in [1.82, 2.24) is 0 Å². The van der Waals surface area contributed by atoms with E-state index in [1.165, 1.54) is 0 Å². The average molecular weight is 411 g/mol. The molecule has 0 heterocycles. The number of ketones is 1. The van der Waals surface area contributed by atoms with Gasteiger partial charge < -0.3 is 20.1 Å². The topological polar surface area (TPSA) is 76.7 Å². The van der Waals surface area contributed by atoms with Gasteiger partial charge in [0, 0.05) is 22.0 Å². The number of Topliss-reactive ketones (excluding diaryl/α,β-unsaturated/α-hetero) is 1. The van der Waals surface area contributed by atoms with Crippen molar-refractivity contribution in [3.63, 3.8) is 0 Å². The third-order valence-corrected chi connectivity index (χ3v) is 4.25. The molecule has 3 aromatic rings. The fraction of sp³-hybridized carbons (Fsp3) is 0.0909. The molecule has 0 unspecified atom stereocenters. The lowest BCUT2D eigenvalue weighted by Crippen LogP contribution is -2.19. The molecular formula is C22H19ClN2O4. The first-order valence-corrected chi connectivity index (χ1v) is 9.15. The van der Waals surface area contributed by atoms with Crippen LogP contribution in [0.3, 0.4) is 0 Å². The summed E-state index contributed by atoms with van der Waals surface area (Å²) < 4.78 is 10.6. The number of methoxy groups -OCH3 is 1. The molecule has 0 saturated carbocycles. The van der Waals surface area contributed by atoms with Crippen molar-refractivity contribution in [2.45, 2.75) is 0 Å². The minimum atomic E-state index is -0.373. The summed E-state index contributed by atoms with van der Waals surface area (Å²) in [4.78, 5) is 24.2. The summed E-state index contributed by atoms with van der Waals surface area (Å²) in [6.07, 6.45) is 0. The van der Waals surface area contributed by atoms with Gasteiger partial charge in [0.25, 0.3) is 0 Å². The number of hydrogen-bond donors (Lipinski definition) is 2. The molecule has 0 aliphatic rings. The second-order valence-electron chi connectivity index (χ2n) is 6.05. The molecule has 0 atom stereocenters. The fourth-order valence-electron chi connectivity index (χ4n) is 2.47. The SMILES string of the molecule is COc1ccc(NC(=O)Nc2ccc(OCC(=O)c3ccc(Cl)cc3)cc2)cc1. The van der Waals surface area contributed by atoms with Crippen molar-refractivity contribution >= 4 is 34.8 Å². The van der Waals surface area contributed by atoms with Crippen molar-refractivity contribution in [2.75, 3.05) is 24.4 Å². The van der Waals surface area contributed by atoms with Gasteiger partial charge in [-0.15, -0.1) is 0 Å². The first kappa shape index (κ1) is 20.2. The maximum absolute atomic E-state index is 12.1. The van der Waals surface area contributed by atoms with Crippen LogP contribution < -0.4 is 20.1 Å². The van der Waals surface area contributed by atoms with E-state index in [2.05, 4.69) is 10.6 Å². The summed E-state index contributed by atoms with van der Waals surface area (Å²) in [5, 5.41) is 6.02. The molecule has 0 saturated heterocycles. The summed E-state index contributed by atoms with van der Waals surface area (Å²) in [5.74, 6) is 1.08. The minimum absolute atomic E-state index is 0.0909. The van der Waals surface area contributed by atoms with E-state index in [0.29, 0.717) is 33.5 Å². The predicted octanol–water partition coefficient (Wildman–Crippen LogP) is 5.25. The van der Waals surface area contributed by atoms with Crippen molar-refractivity contribution in [2.24, 2.45) is 0 Å². The van der Waals surface area contributed by atoms with E-state index in [0.717, 1.165) is 0 Å². The van der Waals surface area contributed by atoms with E-state index < -0.39 is 0 Å². The Balaban J connectivity index is 1.49. The largest absolute Gasteiger partial charge is 0.497 e. The number of benzene rings is 3. The van der Waals surface area contributed by atoms with Crippen LogP contribution in [0.2, 0.25) is 5.02 Å². The van der Waals surface area contributed by atoms with Gasteiger partial charge in [-0.05, 0) is 72.8 Å². The Kier molecular flexibility index (Phi) is 6.71. The van der Waals surface area contributed by atoms with Crippen LogP contribution in [0.1, 0.15) is 10.4 Å². The third-order valence-electron chi connectivity index (χ3n) is 4.00. The predicted molar refractivity (Wildman–Crippen MR) is 113 cm³/mol. The number of amides is 2. The Hall–Kier alpha value is -3.51. The van der Waals surface area contributed by atoms with E-state index in [4.69, 9.17) is 21.1 Å². The highest BCUT2D eigenvalue weighted by atomic mass is 35.5. The number of ether oxygens (including phenoxy) is 2. The highest BCUT2D eigenvalue weighted by Gasteiger charge is 2.08. The number of urea groups is 1. The van der Waals surface area contributed by atoms with Crippen LogP contribution in [0.5, 0.6) is 11.5 Å². The van der Waals surface area contributed by atoms with E-state index >= 15 is 0 Å². The van der Waals surface area contributed by atoms with Gasteiger partial charge in [-0.3, -0.25) is 4.79 Å². The normalized spacial score (nSPS) is 10.1. The Morgan fingerprint density at radius 2 is 1.31 bits per heavy atom. The number of hydrogen-bond acceptors (Lipinski definition) is 4. The van der Waals surface area contributed by atoms with Crippen molar-refractivity contribution in [3.8, 4) is 11.5 Å². The fourth-order valence-corrected chi connectivity index (χ4v) is 2.60. The number of carbonyl (C=O) groups excluding carboxylic acids is 2.